The highest BCUT2D eigenvalue weighted by atomic mass is 14.5. The zero-order valence-corrected chi connectivity index (χ0v) is 7.19. The lowest BCUT2D eigenvalue weighted by Gasteiger charge is -2.31. The van der Waals surface area contributed by atoms with Crippen LogP contribution in [-0.2, 0) is 0 Å². The smallest absolute Gasteiger partial charge is 0.0292 e. The molecule has 0 heterocycles. The maximum Gasteiger partial charge on any atom is -0.0292 e. The van der Waals surface area contributed by atoms with Gasteiger partial charge in [-0.15, -0.1) is 0 Å². The SMILES string of the molecule is C[C@@H]1C[C@@H](C)CC2(CC2)C1. The molecule has 0 heteroatoms. The molecule has 0 aromatic carbocycles. The summed E-state index contributed by atoms with van der Waals surface area (Å²) in [5, 5.41) is 0. The van der Waals surface area contributed by atoms with Crippen LogP contribution in [0.1, 0.15) is 46.0 Å². The second kappa shape index (κ2) is 1.99. The van der Waals surface area contributed by atoms with E-state index in [9.17, 15) is 0 Å². The fraction of sp³-hybridized carbons (Fsp3) is 1.00. The van der Waals surface area contributed by atoms with Gasteiger partial charge in [0, 0.05) is 0 Å². The summed E-state index contributed by atoms with van der Waals surface area (Å²) in [6.07, 6.45) is 7.65. The summed E-state index contributed by atoms with van der Waals surface area (Å²) in [5.41, 5.74) is 0.872. The molecule has 0 saturated heterocycles. The van der Waals surface area contributed by atoms with Gasteiger partial charge in [-0.3, -0.25) is 0 Å². The Labute approximate surface area is 64.0 Å². The third kappa shape index (κ3) is 1.09. The van der Waals surface area contributed by atoms with Crippen LogP contribution in [0.15, 0.2) is 0 Å². The van der Waals surface area contributed by atoms with Crippen molar-refractivity contribution >= 4 is 0 Å². The molecular formula is C10H18. The average Bonchev–Trinajstić information content (AvgIpc) is 2.44. The van der Waals surface area contributed by atoms with Crippen molar-refractivity contribution in [2.75, 3.05) is 0 Å². The molecule has 0 N–H and O–H groups in total. The number of rotatable bonds is 0. The Hall–Kier alpha value is 0. The molecule has 0 nitrogen and oxygen atoms in total. The van der Waals surface area contributed by atoms with Crippen LogP contribution in [0.4, 0.5) is 0 Å². The van der Waals surface area contributed by atoms with E-state index >= 15 is 0 Å². The largest absolute Gasteiger partial charge is 0.0625 e. The number of hydrogen-bond donors (Lipinski definition) is 0. The maximum absolute atomic E-state index is 2.43. The van der Waals surface area contributed by atoms with E-state index in [1.165, 1.54) is 19.3 Å². The Bertz CT molecular complexity index is 121. The van der Waals surface area contributed by atoms with Gasteiger partial charge in [-0.1, -0.05) is 13.8 Å². The highest BCUT2D eigenvalue weighted by molar-refractivity contribution is 4.97. The molecule has 0 radical (unpaired) electrons. The maximum atomic E-state index is 2.43. The molecule has 2 fully saturated rings. The Kier molecular flexibility index (Phi) is 1.33. The molecule has 0 bridgehead atoms. The second-order valence-corrected chi connectivity index (χ2v) is 4.85. The monoisotopic (exact) mass is 138 g/mol. The van der Waals surface area contributed by atoms with Gasteiger partial charge in [0.1, 0.15) is 0 Å². The molecular weight excluding hydrogens is 120 g/mol. The van der Waals surface area contributed by atoms with E-state index in [1.54, 1.807) is 12.8 Å². The summed E-state index contributed by atoms with van der Waals surface area (Å²) in [6, 6.07) is 0. The molecule has 0 aliphatic heterocycles. The van der Waals surface area contributed by atoms with Gasteiger partial charge in [-0.25, -0.2) is 0 Å². The highest BCUT2D eigenvalue weighted by Crippen LogP contribution is 2.58. The Morgan fingerprint density at radius 3 is 1.90 bits per heavy atom. The van der Waals surface area contributed by atoms with Crippen molar-refractivity contribution in [2.24, 2.45) is 17.3 Å². The molecule has 0 unspecified atom stereocenters. The predicted molar refractivity (Wildman–Crippen MR) is 43.8 cm³/mol. The van der Waals surface area contributed by atoms with Crippen LogP contribution in [0.25, 0.3) is 0 Å². The molecule has 10 heavy (non-hydrogen) atoms. The minimum absolute atomic E-state index is 0.872. The zero-order chi connectivity index (χ0) is 7.19. The van der Waals surface area contributed by atoms with Crippen LogP contribution < -0.4 is 0 Å². The molecule has 2 atom stereocenters. The molecule has 58 valence electrons. The van der Waals surface area contributed by atoms with Crippen LogP contribution in [0.2, 0.25) is 0 Å². The second-order valence-electron chi connectivity index (χ2n) is 4.85. The minimum atomic E-state index is 0.872. The molecule has 0 aromatic heterocycles. The lowest BCUT2D eigenvalue weighted by atomic mass is 9.75. The van der Waals surface area contributed by atoms with E-state index in [4.69, 9.17) is 0 Å². The van der Waals surface area contributed by atoms with E-state index in [0.717, 1.165) is 17.3 Å². The van der Waals surface area contributed by atoms with E-state index in [1.807, 2.05) is 0 Å². The summed E-state index contributed by atoms with van der Waals surface area (Å²) in [6.45, 7) is 4.85. The Morgan fingerprint density at radius 1 is 1.00 bits per heavy atom. The van der Waals surface area contributed by atoms with Crippen molar-refractivity contribution in [3.8, 4) is 0 Å². The van der Waals surface area contributed by atoms with Crippen molar-refractivity contribution in [1.29, 1.82) is 0 Å². The van der Waals surface area contributed by atoms with Crippen LogP contribution >= 0.6 is 0 Å². The minimum Gasteiger partial charge on any atom is -0.0625 e. The third-order valence-corrected chi connectivity index (χ3v) is 3.32. The molecule has 2 rings (SSSR count). The lowest BCUT2D eigenvalue weighted by Crippen LogP contribution is -2.20. The van der Waals surface area contributed by atoms with Gasteiger partial charge in [0.15, 0.2) is 0 Å². The lowest BCUT2D eigenvalue weighted by molar-refractivity contribution is 0.201. The Balaban J connectivity index is 2.00. The van der Waals surface area contributed by atoms with Crippen LogP contribution in [0.3, 0.4) is 0 Å². The topological polar surface area (TPSA) is 0 Å². The summed E-state index contributed by atoms with van der Waals surface area (Å²) in [5.74, 6) is 2.04. The van der Waals surface area contributed by atoms with Crippen LogP contribution in [0.5, 0.6) is 0 Å². The van der Waals surface area contributed by atoms with Gasteiger partial charge in [-0.05, 0) is 49.4 Å². The van der Waals surface area contributed by atoms with Crippen LogP contribution in [0, 0.1) is 17.3 Å². The summed E-state index contributed by atoms with van der Waals surface area (Å²) < 4.78 is 0. The average molecular weight is 138 g/mol. The van der Waals surface area contributed by atoms with E-state index in [-0.39, 0.29) is 0 Å². The molecule has 2 aliphatic rings. The molecule has 2 aliphatic carbocycles. The first-order valence-electron chi connectivity index (χ1n) is 4.70. The summed E-state index contributed by atoms with van der Waals surface area (Å²) in [4.78, 5) is 0. The first-order valence-corrected chi connectivity index (χ1v) is 4.70. The van der Waals surface area contributed by atoms with E-state index in [2.05, 4.69) is 13.8 Å². The fourth-order valence-electron chi connectivity index (χ4n) is 3.00. The normalized spacial score (nSPS) is 43.8. The predicted octanol–water partition coefficient (Wildman–Crippen LogP) is 3.22. The first-order chi connectivity index (χ1) is 4.70. The van der Waals surface area contributed by atoms with Crippen molar-refractivity contribution in [3.63, 3.8) is 0 Å². The van der Waals surface area contributed by atoms with Gasteiger partial charge in [-0.2, -0.15) is 0 Å². The third-order valence-electron chi connectivity index (χ3n) is 3.32. The highest BCUT2D eigenvalue weighted by Gasteiger charge is 2.46. The van der Waals surface area contributed by atoms with E-state index < -0.39 is 0 Å². The molecule has 0 amide bonds. The fourth-order valence-corrected chi connectivity index (χ4v) is 3.00. The molecule has 2 saturated carbocycles. The Morgan fingerprint density at radius 2 is 1.50 bits per heavy atom. The zero-order valence-electron chi connectivity index (χ0n) is 7.19. The van der Waals surface area contributed by atoms with Crippen molar-refractivity contribution in [2.45, 2.75) is 46.0 Å². The van der Waals surface area contributed by atoms with Crippen molar-refractivity contribution in [1.82, 2.24) is 0 Å². The molecule has 1 spiro atoms. The van der Waals surface area contributed by atoms with Gasteiger partial charge in [0.05, 0.1) is 0 Å². The van der Waals surface area contributed by atoms with Crippen molar-refractivity contribution < 1.29 is 0 Å². The first kappa shape index (κ1) is 6.69. The summed E-state index contributed by atoms with van der Waals surface area (Å²) >= 11 is 0. The number of hydrogen-bond acceptors (Lipinski definition) is 0. The van der Waals surface area contributed by atoms with E-state index in [0.29, 0.717) is 0 Å². The van der Waals surface area contributed by atoms with Crippen molar-refractivity contribution in [3.05, 3.63) is 0 Å². The standard InChI is InChI=1S/C10H18/c1-8-5-9(2)7-10(6-8)3-4-10/h8-9H,3-7H2,1-2H3/t8-,9-/m1/s1. The quantitative estimate of drug-likeness (QED) is 0.482. The van der Waals surface area contributed by atoms with Gasteiger partial charge in [0.25, 0.3) is 0 Å². The van der Waals surface area contributed by atoms with Gasteiger partial charge in [0.2, 0.25) is 0 Å². The van der Waals surface area contributed by atoms with Crippen LogP contribution in [-0.4, -0.2) is 0 Å². The summed E-state index contributed by atoms with van der Waals surface area (Å²) in [7, 11) is 0. The molecule has 0 aromatic rings. The van der Waals surface area contributed by atoms with Gasteiger partial charge < -0.3 is 0 Å². The van der Waals surface area contributed by atoms with Gasteiger partial charge >= 0.3 is 0 Å².